The van der Waals surface area contributed by atoms with Crippen LogP contribution in [0.25, 0.3) is 0 Å². The highest BCUT2D eigenvalue weighted by Crippen LogP contribution is 2.19. The highest BCUT2D eigenvalue weighted by Gasteiger charge is 2.14. The summed E-state index contributed by atoms with van der Waals surface area (Å²) in [6.45, 7) is 2.56. The van der Waals surface area contributed by atoms with Gasteiger partial charge in [-0.1, -0.05) is 0 Å². The van der Waals surface area contributed by atoms with Gasteiger partial charge in [0, 0.05) is 23.3 Å². The number of aromatic nitrogens is 3. The monoisotopic (exact) mass is 337 g/mol. The summed E-state index contributed by atoms with van der Waals surface area (Å²) in [5, 5.41) is 11.6. The third kappa shape index (κ3) is 3.41. The first-order chi connectivity index (χ1) is 9.60. The van der Waals surface area contributed by atoms with E-state index in [1.54, 1.807) is 12.3 Å². The van der Waals surface area contributed by atoms with E-state index in [1.807, 2.05) is 6.92 Å². The van der Waals surface area contributed by atoms with Gasteiger partial charge >= 0.3 is 0 Å². The van der Waals surface area contributed by atoms with Crippen LogP contribution < -0.4 is 16.2 Å². The van der Waals surface area contributed by atoms with Gasteiger partial charge in [0.05, 0.1) is 5.56 Å². The molecule has 104 valence electrons. The van der Waals surface area contributed by atoms with Gasteiger partial charge in [-0.05, 0) is 35.0 Å². The molecule has 0 spiro atoms. The summed E-state index contributed by atoms with van der Waals surface area (Å²) in [4.78, 5) is 27.3. The number of anilines is 2. The van der Waals surface area contributed by atoms with Gasteiger partial charge in [-0.15, -0.1) is 0 Å². The number of aromatic amines is 1. The van der Waals surface area contributed by atoms with Gasteiger partial charge in [-0.25, -0.2) is 10.1 Å². The Balaban J connectivity index is 2.26. The molecule has 0 aliphatic carbocycles. The molecular weight excluding hydrogens is 326 g/mol. The zero-order chi connectivity index (χ0) is 14.5. The van der Waals surface area contributed by atoms with Crippen LogP contribution in [0, 0.1) is 0 Å². The van der Waals surface area contributed by atoms with Crippen LogP contribution in [0.3, 0.4) is 0 Å². The Morgan fingerprint density at radius 1 is 1.45 bits per heavy atom. The van der Waals surface area contributed by atoms with Crippen molar-refractivity contribution in [1.29, 1.82) is 0 Å². The second-order valence-electron chi connectivity index (χ2n) is 3.84. The fourth-order valence-electron chi connectivity index (χ4n) is 1.52. The van der Waals surface area contributed by atoms with Crippen molar-refractivity contribution < 1.29 is 4.79 Å². The van der Waals surface area contributed by atoms with E-state index in [0.29, 0.717) is 22.4 Å². The van der Waals surface area contributed by atoms with Gasteiger partial charge in [0.1, 0.15) is 5.82 Å². The Kier molecular flexibility index (Phi) is 4.46. The van der Waals surface area contributed by atoms with Gasteiger partial charge in [-0.2, -0.15) is 5.10 Å². The van der Waals surface area contributed by atoms with Crippen molar-refractivity contribution in [3.8, 4) is 0 Å². The molecule has 0 atom stereocenters. The largest absolute Gasteiger partial charge is 0.370 e. The Bertz CT molecular complexity index is 665. The van der Waals surface area contributed by atoms with Crippen LogP contribution in [-0.4, -0.2) is 27.6 Å². The maximum atomic E-state index is 12.2. The lowest BCUT2D eigenvalue weighted by atomic mass is 10.2. The molecule has 0 aromatic carbocycles. The second-order valence-corrected chi connectivity index (χ2v) is 4.76. The van der Waals surface area contributed by atoms with Gasteiger partial charge in [0.25, 0.3) is 11.5 Å². The Hall–Kier alpha value is -2.22. The normalized spacial score (nSPS) is 10.1. The molecule has 0 aliphatic heterocycles. The molecule has 20 heavy (non-hydrogen) atoms. The van der Waals surface area contributed by atoms with Gasteiger partial charge < -0.3 is 10.6 Å². The third-order valence-electron chi connectivity index (χ3n) is 2.36. The van der Waals surface area contributed by atoms with E-state index in [0.717, 1.165) is 0 Å². The molecule has 0 saturated carbocycles. The van der Waals surface area contributed by atoms with Gasteiger partial charge in [0.2, 0.25) is 0 Å². The third-order valence-corrected chi connectivity index (χ3v) is 2.80. The summed E-state index contributed by atoms with van der Waals surface area (Å²) >= 11 is 3.28. The molecule has 0 bridgehead atoms. The highest BCUT2D eigenvalue weighted by atomic mass is 79.9. The number of carbonyl (C=O) groups is 1. The zero-order valence-corrected chi connectivity index (χ0v) is 12.2. The first kappa shape index (κ1) is 14.2. The van der Waals surface area contributed by atoms with E-state index in [1.165, 1.54) is 12.1 Å². The average molecular weight is 338 g/mol. The van der Waals surface area contributed by atoms with Crippen molar-refractivity contribution in [2.45, 2.75) is 6.92 Å². The Morgan fingerprint density at radius 3 is 2.90 bits per heavy atom. The smallest absolute Gasteiger partial charge is 0.264 e. The summed E-state index contributed by atoms with van der Waals surface area (Å²) in [5.74, 6) is 0.379. The molecule has 0 aliphatic rings. The quantitative estimate of drug-likeness (QED) is 0.787. The molecule has 2 aromatic rings. The molecule has 0 fully saturated rings. The van der Waals surface area contributed by atoms with Crippen LogP contribution in [0.4, 0.5) is 11.6 Å². The SMILES string of the molecule is CCNc1ncc(Br)cc1C(=O)Nc1ccc(=O)[nH]n1. The van der Waals surface area contributed by atoms with E-state index >= 15 is 0 Å². The topological polar surface area (TPSA) is 99.8 Å². The molecular formula is C12H12BrN5O2. The molecule has 2 aromatic heterocycles. The Morgan fingerprint density at radius 2 is 2.25 bits per heavy atom. The molecule has 1 amide bonds. The minimum Gasteiger partial charge on any atom is -0.370 e. The predicted molar refractivity (Wildman–Crippen MR) is 78.9 cm³/mol. The lowest BCUT2D eigenvalue weighted by Gasteiger charge is -2.10. The van der Waals surface area contributed by atoms with Crippen molar-refractivity contribution in [1.82, 2.24) is 15.2 Å². The van der Waals surface area contributed by atoms with E-state index in [4.69, 9.17) is 0 Å². The van der Waals surface area contributed by atoms with Crippen LogP contribution in [-0.2, 0) is 0 Å². The molecule has 2 rings (SSSR count). The van der Waals surface area contributed by atoms with E-state index in [9.17, 15) is 9.59 Å². The number of rotatable bonds is 4. The minimum atomic E-state index is -0.366. The summed E-state index contributed by atoms with van der Waals surface area (Å²) < 4.78 is 0.693. The van der Waals surface area contributed by atoms with Crippen molar-refractivity contribution in [3.63, 3.8) is 0 Å². The molecule has 0 radical (unpaired) electrons. The summed E-state index contributed by atoms with van der Waals surface area (Å²) in [6, 6.07) is 4.37. The number of pyridine rings is 1. The average Bonchev–Trinajstić information content (AvgIpc) is 2.43. The molecule has 7 nitrogen and oxygen atoms in total. The first-order valence-electron chi connectivity index (χ1n) is 5.86. The maximum Gasteiger partial charge on any atom is 0.264 e. The van der Waals surface area contributed by atoms with Crippen LogP contribution in [0.15, 0.2) is 33.7 Å². The Labute approximate surface area is 123 Å². The summed E-state index contributed by atoms with van der Waals surface area (Å²) in [6.07, 6.45) is 1.60. The fourth-order valence-corrected chi connectivity index (χ4v) is 1.85. The number of H-pyrrole nitrogens is 1. The second kappa shape index (κ2) is 6.29. The molecule has 0 saturated heterocycles. The van der Waals surface area contributed by atoms with Crippen molar-refractivity contribution in [3.05, 3.63) is 44.8 Å². The van der Waals surface area contributed by atoms with Gasteiger partial charge in [0.15, 0.2) is 5.82 Å². The first-order valence-corrected chi connectivity index (χ1v) is 6.66. The van der Waals surface area contributed by atoms with Crippen LogP contribution in [0.2, 0.25) is 0 Å². The summed E-state index contributed by atoms with van der Waals surface area (Å²) in [7, 11) is 0. The van der Waals surface area contributed by atoms with E-state index in [2.05, 4.69) is 41.7 Å². The van der Waals surface area contributed by atoms with Gasteiger partial charge in [-0.3, -0.25) is 9.59 Å². The van der Waals surface area contributed by atoms with E-state index in [-0.39, 0.29) is 17.3 Å². The van der Waals surface area contributed by atoms with E-state index < -0.39 is 0 Å². The van der Waals surface area contributed by atoms with Crippen LogP contribution >= 0.6 is 15.9 Å². The fraction of sp³-hybridized carbons (Fsp3) is 0.167. The number of nitrogens with zero attached hydrogens (tertiary/aromatic N) is 2. The molecule has 3 N–H and O–H groups in total. The number of amides is 1. The summed E-state index contributed by atoms with van der Waals surface area (Å²) in [5.41, 5.74) is 0.0506. The van der Waals surface area contributed by atoms with Crippen molar-refractivity contribution in [2.24, 2.45) is 0 Å². The number of carbonyl (C=O) groups excluding carboxylic acids is 1. The predicted octanol–water partition coefficient (Wildman–Crippen LogP) is 1.61. The van der Waals surface area contributed by atoms with Crippen LogP contribution in [0.5, 0.6) is 0 Å². The molecule has 8 heteroatoms. The minimum absolute atomic E-state index is 0.261. The van der Waals surface area contributed by atoms with Crippen LogP contribution in [0.1, 0.15) is 17.3 Å². The molecule has 2 heterocycles. The highest BCUT2D eigenvalue weighted by molar-refractivity contribution is 9.10. The number of nitrogens with one attached hydrogen (secondary N) is 3. The molecule has 0 unspecified atom stereocenters. The standard InChI is InChI=1S/C12H12BrN5O2/c1-2-14-11-8(5-7(13)6-15-11)12(20)16-9-3-4-10(19)18-17-9/h3-6H,2H2,1H3,(H,14,15)(H,18,19)(H,16,17,20). The van der Waals surface area contributed by atoms with Crippen molar-refractivity contribution in [2.75, 3.05) is 17.2 Å². The number of halogens is 1. The zero-order valence-electron chi connectivity index (χ0n) is 10.6. The lowest BCUT2D eigenvalue weighted by Crippen LogP contribution is -2.18. The number of hydrogen-bond donors (Lipinski definition) is 3. The number of hydrogen-bond acceptors (Lipinski definition) is 5. The lowest BCUT2D eigenvalue weighted by molar-refractivity contribution is 0.102. The maximum absolute atomic E-state index is 12.2. The van der Waals surface area contributed by atoms with Crippen molar-refractivity contribution >= 4 is 33.5 Å².